The summed E-state index contributed by atoms with van der Waals surface area (Å²) in [6.45, 7) is 1.69. The van der Waals surface area contributed by atoms with Gasteiger partial charge in [0.15, 0.2) is 0 Å². The van der Waals surface area contributed by atoms with Crippen LogP contribution in [0.25, 0.3) is 0 Å². The number of esters is 1. The molecule has 0 aliphatic carbocycles. The summed E-state index contributed by atoms with van der Waals surface area (Å²) in [5.41, 5.74) is -0.119. The van der Waals surface area contributed by atoms with Gasteiger partial charge >= 0.3 is 11.9 Å². The number of benzene rings is 1. The van der Waals surface area contributed by atoms with Crippen LogP contribution in [0.15, 0.2) is 6.07 Å². The first kappa shape index (κ1) is 11.7. The van der Waals surface area contributed by atoms with Gasteiger partial charge in [0.1, 0.15) is 23.0 Å². The molecule has 1 aromatic rings. The lowest BCUT2D eigenvalue weighted by atomic mass is 9.95. The van der Waals surface area contributed by atoms with Gasteiger partial charge in [0.05, 0.1) is 0 Å². The number of carboxylic acids is 1. The van der Waals surface area contributed by atoms with Gasteiger partial charge in [-0.05, 0) is 18.6 Å². The molecular weight excluding hydrogens is 248 g/mol. The molecule has 5 nitrogen and oxygen atoms in total. The summed E-state index contributed by atoms with van der Waals surface area (Å²) in [7, 11) is 0. The average molecular weight is 257 g/mol. The van der Waals surface area contributed by atoms with E-state index in [2.05, 4.69) is 0 Å². The normalized spacial score (nSPS) is 18.5. The van der Waals surface area contributed by atoms with Gasteiger partial charge in [-0.2, -0.15) is 0 Å². The zero-order valence-electron chi connectivity index (χ0n) is 8.86. The molecule has 1 aliphatic rings. The van der Waals surface area contributed by atoms with Crippen molar-refractivity contribution in [2.45, 2.75) is 19.4 Å². The molecule has 0 fully saturated rings. The van der Waals surface area contributed by atoms with E-state index in [1.165, 1.54) is 0 Å². The van der Waals surface area contributed by atoms with Crippen molar-refractivity contribution in [1.29, 1.82) is 0 Å². The number of rotatable bonds is 1. The number of cyclic esters (lactones) is 1. The number of hydrogen-bond donors (Lipinski definition) is 2. The Morgan fingerprint density at radius 1 is 1.59 bits per heavy atom. The van der Waals surface area contributed by atoms with Crippen molar-refractivity contribution >= 4 is 23.5 Å². The van der Waals surface area contributed by atoms with Gasteiger partial charge in [-0.1, -0.05) is 11.6 Å². The number of fused-ring (bicyclic) bond motifs is 1. The molecule has 6 heteroatoms. The molecule has 0 amide bonds. The fraction of sp³-hybridized carbons (Fsp3) is 0.273. The number of halogens is 1. The number of carboxylic acid groups (broad SMARTS) is 1. The number of phenols is 1. The van der Waals surface area contributed by atoms with Crippen molar-refractivity contribution in [3.05, 3.63) is 27.8 Å². The zero-order valence-corrected chi connectivity index (χ0v) is 9.61. The second-order valence-electron chi connectivity index (χ2n) is 3.83. The lowest BCUT2D eigenvalue weighted by Crippen LogP contribution is -2.26. The van der Waals surface area contributed by atoms with E-state index in [0.717, 1.165) is 6.07 Å². The summed E-state index contributed by atoms with van der Waals surface area (Å²) in [5, 5.41) is 18.8. The van der Waals surface area contributed by atoms with Crippen molar-refractivity contribution in [1.82, 2.24) is 0 Å². The lowest BCUT2D eigenvalue weighted by Gasteiger charge is -2.23. The molecule has 2 rings (SSSR count). The highest BCUT2D eigenvalue weighted by Gasteiger charge is 2.31. The van der Waals surface area contributed by atoms with Crippen molar-refractivity contribution in [2.75, 3.05) is 0 Å². The number of carbonyl (C=O) groups excluding carboxylic acids is 1. The van der Waals surface area contributed by atoms with Crippen LogP contribution in [0.2, 0.25) is 5.02 Å². The second kappa shape index (κ2) is 3.92. The maximum atomic E-state index is 11.6. The Balaban J connectivity index is 2.71. The standard InChI is InChI=1S/C11H9ClO5/c1-4-2-5-7(12)3-6(10(14)15)9(13)8(5)11(16)17-4/h3-4,13H,2H2,1H3,(H,14,15)/t4-/m1/s1. The third-order valence-corrected chi connectivity index (χ3v) is 2.92. The Morgan fingerprint density at radius 3 is 2.82 bits per heavy atom. The Kier molecular flexibility index (Phi) is 2.71. The highest BCUT2D eigenvalue weighted by Crippen LogP contribution is 2.36. The van der Waals surface area contributed by atoms with E-state index >= 15 is 0 Å². The van der Waals surface area contributed by atoms with Crippen LogP contribution in [-0.2, 0) is 11.2 Å². The van der Waals surface area contributed by atoms with Gasteiger partial charge in [0.25, 0.3) is 0 Å². The fourth-order valence-electron chi connectivity index (χ4n) is 1.83. The number of aromatic hydroxyl groups is 1. The molecule has 90 valence electrons. The molecule has 0 saturated heterocycles. The molecule has 1 atom stereocenters. The van der Waals surface area contributed by atoms with Crippen LogP contribution in [0.5, 0.6) is 5.75 Å². The summed E-state index contributed by atoms with van der Waals surface area (Å²) in [5.74, 6) is -2.69. The predicted molar refractivity (Wildman–Crippen MR) is 58.7 cm³/mol. The minimum absolute atomic E-state index is 0.145. The van der Waals surface area contributed by atoms with E-state index in [1.54, 1.807) is 6.92 Å². The molecular formula is C11H9ClO5. The smallest absolute Gasteiger partial charge is 0.342 e. The van der Waals surface area contributed by atoms with Crippen LogP contribution >= 0.6 is 11.6 Å². The van der Waals surface area contributed by atoms with Gasteiger partial charge in [0.2, 0.25) is 0 Å². The Hall–Kier alpha value is -1.75. The van der Waals surface area contributed by atoms with E-state index in [1.807, 2.05) is 0 Å². The number of carbonyl (C=O) groups is 2. The largest absolute Gasteiger partial charge is 0.506 e. The highest BCUT2D eigenvalue weighted by molar-refractivity contribution is 6.32. The Labute approximate surface area is 102 Å². The monoisotopic (exact) mass is 256 g/mol. The van der Waals surface area contributed by atoms with Crippen LogP contribution in [0.4, 0.5) is 0 Å². The molecule has 2 N–H and O–H groups in total. The topological polar surface area (TPSA) is 83.8 Å². The van der Waals surface area contributed by atoms with Crippen molar-refractivity contribution < 1.29 is 24.5 Å². The SMILES string of the molecule is C[C@@H]1Cc2c(Cl)cc(C(=O)O)c(O)c2C(=O)O1. The summed E-state index contributed by atoms with van der Waals surface area (Å²) >= 11 is 5.91. The van der Waals surface area contributed by atoms with Gasteiger partial charge in [-0.15, -0.1) is 0 Å². The molecule has 0 aromatic heterocycles. The van der Waals surface area contributed by atoms with Gasteiger partial charge < -0.3 is 14.9 Å². The molecule has 1 aromatic carbocycles. The molecule has 1 heterocycles. The molecule has 1 aliphatic heterocycles. The van der Waals surface area contributed by atoms with Gasteiger partial charge in [0, 0.05) is 11.4 Å². The minimum atomic E-state index is -1.35. The zero-order chi connectivity index (χ0) is 12.7. The quantitative estimate of drug-likeness (QED) is 0.749. The fourth-order valence-corrected chi connectivity index (χ4v) is 2.11. The number of ether oxygens (including phenoxy) is 1. The van der Waals surface area contributed by atoms with Crippen LogP contribution in [0.3, 0.4) is 0 Å². The predicted octanol–water partition coefficient (Wildman–Crippen LogP) is 1.85. The first-order valence-corrected chi connectivity index (χ1v) is 5.28. The average Bonchev–Trinajstić information content (AvgIpc) is 2.21. The summed E-state index contributed by atoms with van der Waals surface area (Å²) < 4.78 is 4.93. The van der Waals surface area contributed by atoms with Crippen LogP contribution < -0.4 is 0 Å². The van der Waals surface area contributed by atoms with E-state index in [-0.39, 0.29) is 16.7 Å². The molecule has 0 radical (unpaired) electrons. The lowest BCUT2D eigenvalue weighted by molar-refractivity contribution is 0.0297. The molecule has 0 saturated carbocycles. The van der Waals surface area contributed by atoms with E-state index in [0.29, 0.717) is 12.0 Å². The van der Waals surface area contributed by atoms with E-state index < -0.39 is 23.3 Å². The maximum absolute atomic E-state index is 11.6. The number of aromatic carboxylic acids is 1. The third-order valence-electron chi connectivity index (χ3n) is 2.59. The van der Waals surface area contributed by atoms with Crippen LogP contribution in [0.1, 0.15) is 33.2 Å². The van der Waals surface area contributed by atoms with E-state index in [4.69, 9.17) is 21.4 Å². The van der Waals surface area contributed by atoms with Crippen LogP contribution in [0, 0.1) is 0 Å². The first-order chi connectivity index (χ1) is 7.91. The first-order valence-electron chi connectivity index (χ1n) is 4.90. The summed E-state index contributed by atoms with van der Waals surface area (Å²) in [4.78, 5) is 22.5. The van der Waals surface area contributed by atoms with Crippen molar-refractivity contribution in [3.8, 4) is 5.75 Å². The second-order valence-corrected chi connectivity index (χ2v) is 4.24. The summed E-state index contributed by atoms with van der Waals surface area (Å²) in [6.07, 6.45) is 0.00969. The van der Waals surface area contributed by atoms with Gasteiger partial charge in [-0.25, -0.2) is 9.59 Å². The highest BCUT2D eigenvalue weighted by atomic mass is 35.5. The minimum Gasteiger partial charge on any atom is -0.506 e. The van der Waals surface area contributed by atoms with E-state index in [9.17, 15) is 14.7 Å². The Bertz CT molecular complexity index is 523. The Morgan fingerprint density at radius 2 is 2.24 bits per heavy atom. The molecule has 0 spiro atoms. The third kappa shape index (κ3) is 1.82. The van der Waals surface area contributed by atoms with Crippen molar-refractivity contribution in [3.63, 3.8) is 0 Å². The molecule has 0 bridgehead atoms. The van der Waals surface area contributed by atoms with Gasteiger partial charge in [-0.3, -0.25) is 0 Å². The van der Waals surface area contributed by atoms with Crippen LogP contribution in [-0.4, -0.2) is 28.3 Å². The summed E-state index contributed by atoms with van der Waals surface area (Å²) in [6, 6.07) is 1.14. The maximum Gasteiger partial charge on any atom is 0.342 e. The molecule has 0 unspecified atom stereocenters. The molecule has 17 heavy (non-hydrogen) atoms. The van der Waals surface area contributed by atoms with Crippen molar-refractivity contribution in [2.24, 2.45) is 0 Å². The number of hydrogen-bond acceptors (Lipinski definition) is 4.